The molecule has 2 rings (SSSR count). The van der Waals surface area contributed by atoms with E-state index in [0.29, 0.717) is 13.2 Å². The Hall–Kier alpha value is -1.77. The fraction of sp³-hybridized carbons (Fsp3) is 0.400. The third-order valence-corrected chi connectivity index (χ3v) is 3.17. The summed E-state index contributed by atoms with van der Waals surface area (Å²) in [5.41, 5.74) is 0. The number of allylic oxidation sites excluding steroid dienone is 2. The first kappa shape index (κ1) is 12.7. The van der Waals surface area contributed by atoms with Gasteiger partial charge in [0.15, 0.2) is 0 Å². The van der Waals surface area contributed by atoms with Crippen molar-refractivity contribution in [3.8, 4) is 5.75 Å². The van der Waals surface area contributed by atoms with Gasteiger partial charge in [-0.25, -0.2) is 0 Å². The zero-order valence-electron chi connectivity index (χ0n) is 10.7. The number of nitrogens with zero attached hydrogens (tertiary/aromatic N) is 1. The first-order chi connectivity index (χ1) is 8.77. The Bertz CT molecular complexity index is 406. The quantitative estimate of drug-likeness (QED) is 0.746. The lowest BCUT2D eigenvalue weighted by atomic mass is 10.1. The molecule has 0 radical (unpaired) electrons. The van der Waals surface area contributed by atoms with Crippen LogP contribution in [0.15, 0.2) is 42.5 Å². The molecule has 0 aromatic heterocycles. The molecule has 0 aliphatic heterocycles. The van der Waals surface area contributed by atoms with E-state index in [0.717, 1.165) is 18.6 Å². The standard InChI is InChI=1S/C15H19NO2/c1-16(15(17)13-7-5-6-8-13)11-12-18-14-9-3-2-4-10-14/h2-6,9-10,13H,7-8,11-12H2,1H3. The number of benzene rings is 1. The minimum absolute atomic E-state index is 0.145. The van der Waals surface area contributed by atoms with Crippen LogP contribution in [0.25, 0.3) is 0 Å². The Morgan fingerprint density at radius 1 is 1.28 bits per heavy atom. The Labute approximate surface area is 108 Å². The Morgan fingerprint density at radius 3 is 2.61 bits per heavy atom. The van der Waals surface area contributed by atoms with Crippen LogP contribution in [0.5, 0.6) is 5.75 Å². The van der Waals surface area contributed by atoms with Gasteiger partial charge in [0.25, 0.3) is 0 Å². The van der Waals surface area contributed by atoms with Gasteiger partial charge in [-0.05, 0) is 25.0 Å². The van der Waals surface area contributed by atoms with Crippen LogP contribution in [0.4, 0.5) is 0 Å². The SMILES string of the molecule is CN(CCOc1ccccc1)C(=O)C1CC=CC1. The van der Waals surface area contributed by atoms with Crippen LogP contribution in [0.2, 0.25) is 0 Å². The van der Waals surface area contributed by atoms with Crippen molar-refractivity contribution in [2.75, 3.05) is 20.2 Å². The molecule has 1 aromatic rings. The molecule has 0 fully saturated rings. The van der Waals surface area contributed by atoms with Crippen LogP contribution >= 0.6 is 0 Å². The summed E-state index contributed by atoms with van der Waals surface area (Å²) in [6.45, 7) is 1.16. The van der Waals surface area contributed by atoms with Crippen molar-refractivity contribution in [1.82, 2.24) is 4.90 Å². The third kappa shape index (κ3) is 3.36. The molecule has 18 heavy (non-hydrogen) atoms. The highest BCUT2D eigenvalue weighted by molar-refractivity contribution is 5.79. The van der Waals surface area contributed by atoms with Crippen molar-refractivity contribution in [2.45, 2.75) is 12.8 Å². The van der Waals surface area contributed by atoms with Crippen molar-refractivity contribution in [3.05, 3.63) is 42.5 Å². The van der Waals surface area contributed by atoms with E-state index in [1.54, 1.807) is 4.90 Å². The van der Waals surface area contributed by atoms with Gasteiger partial charge in [0, 0.05) is 13.0 Å². The Kier molecular flexibility index (Phi) is 4.40. The molecular weight excluding hydrogens is 226 g/mol. The van der Waals surface area contributed by atoms with E-state index < -0.39 is 0 Å². The van der Waals surface area contributed by atoms with Crippen molar-refractivity contribution >= 4 is 5.91 Å². The summed E-state index contributed by atoms with van der Waals surface area (Å²) < 4.78 is 5.58. The van der Waals surface area contributed by atoms with Crippen molar-refractivity contribution in [1.29, 1.82) is 0 Å². The second-order valence-corrected chi connectivity index (χ2v) is 4.56. The van der Waals surface area contributed by atoms with Crippen LogP contribution in [-0.2, 0) is 4.79 Å². The molecule has 3 heteroatoms. The lowest BCUT2D eigenvalue weighted by molar-refractivity contribution is -0.134. The average molecular weight is 245 g/mol. The van der Waals surface area contributed by atoms with Gasteiger partial charge in [0.1, 0.15) is 12.4 Å². The van der Waals surface area contributed by atoms with E-state index >= 15 is 0 Å². The fourth-order valence-electron chi connectivity index (χ4n) is 2.06. The minimum atomic E-state index is 0.145. The van der Waals surface area contributed by atoms with Crippen LogP contribution < -0.4 is 4.74 Å². The van der Waals surface area contributed by atoms with Gasteiger partial charge in [-0.2, -0.15) is 0 Å². The summed E-state index contributed by atoms with van der Waals surface area (Å²) in [5, 5.41) is 0. The molecule has 0 heterocycles. The summed E-state index contributed by atoms with van der Waals surface area (Å²) in [6.07, 6.45) is 5.92. The topological polar surface area (TPSA) is 29.5 Å². The van der Waals surface area contributed by atoms with Crippen molar-refractivity contribution in [2.24, 2.45) is 5.92 Å². The van der Waals surface area contributed by atoms with Gasteiger partial charge in [-0.3, -0.25) is 4.79 Å². The Balaban J connectivity index is 1.71. The highest BCUT2D eigenvalue weighted by Gasteiger charge is 2.22. The number of likely N-dealkylation sites (N-methyl/N-ethyl adjacent to an activating group) is 1. The molecule has 1 aromatic carbocycles. The second-order valence-electron chi connectivity index (χ2n) is 4.56. The van der Waals surface area contributed by atoms with E-state index in [2.05, 4.69) is 12.2 Å². The van der Waals surface area contributed by atoms with Crippen LogP contribution in [0, 0.1) is 5.92 Å². The molecule has 1 aliphatic rings. The van der Waals surface area contributed by atoms with Crippen LogP contribution in [0.1, 0.15) is 12.8 Å². The first-order valence-electron chi connectivity index (χ1n) is 6.35. The lowest BCUT2D eigenvalue weighted by Crippen LogP contribution is -2.35. The maximum Gasteiger partial charge on any atom is 0.226 e. The van der Waals surface area contributed by atoms with Crippen LogP contribution in [-0.4, -0.2) is 31.0 Å². The molecule has 0 spiro atoms. The highest BCUT2D eigenvalue weighted by atomic mass is 16.5. The number of ether oxygens (including phenoxy) is 1. The van der Waals surface area contributed by atoms with Gasteiger partial charge in [-0.1, -0.05) is 30.4 Å². The average Bonchev–Trinajstić information content (AvgIpc) is 2.93. The zero-order chi connectivity index (χ0) is 12.8. The molecule has 0 atom stereocenters. The number of carbonyl (C=O) groups is 1. The second kappa shape index (κ2) is 6.24. The third-order valence-electron chi connectivity index (χ3n) is 3.17. The molecular formula is C15H19NO2. The number of carbonyl (C=O) groups excluding carboxylic acids is 1. The summed E-state index contributed by atoms with van der Waals surface area (Å²) in [7, 11) is 1.84. The molecule has 0 saturated carbocycles. The van der Waals surface area contributed by atoms with Crippen molar-refractivity contribution in [3.63, 3.8) is 0 Å². The summed E-state index contributed by atoms with van der Waals surface area (Å²) in [4.78, 5) is 13.8. The number of para-hydroxylation sites is 1. The van der Waals surface area contributed by atoms with E-state index in [1.807, 2.05) is 37.4 Å². The lowest BCUT2D eigenvalue weighted by Gasteiger charge is -2.21. The molecule has 0 N–H and O–H groups in total. The molecule has 0 bridgehead atoms. The number of rotatable bonds is 5. The minimum Gasteiger partial charge on any atom is -0.492 e. The summed E-state index contributed by atoms with van der Waals surface area (Å²) >= 11 is 0. The summed E-state index contributed by atoms with van der Waals surface area (Å²) in [5.74, 6) is 1.21. The van der Waals surface area contributed by atoms with Gasteiger partial charge < -0.3 is 9.64 Å². The predicted octanol–water partition coefficient (Wildman–Crippen LogP) is 2.49. The van der Waals surface area contributed by atoms with Crippen LogP contribution in [0.3, 0.4) is 0 Å². The van der Waals surface area contributed by atoms with E-state index in [9.17, 15) is 4.79 Å². The Morgan fingerprint density at radius 2 is 1.94 bits per heavy atom. The molecule has 0 unspecified atom stereocenters. The van der Waals surface area contributed by atoms with Gasteiger partial charge in [0.2, 0.25) is 5.91 Å². The smallest absolute Gasteiger partial charge is 0.226 e. The maximum atomic E-state index is 12.0. The monoisotopic (exact) mass is 245 g/mol. The molecule has 1 amide bonds. The normalized spacial score (nSPS) is 14.7. The maximum absolute atomic E-state index is 12.0. The molecule has 96 valence electrons. The molecule has 1 aliphatic carbocycles. The largest absolute Gasteiger partial charge is 0.492 e. The highest BCUT2D eigenvalue weighted by Crippen LogP contribution is 2.19. The van der Waals surface area contributed by atoms with E-state index in [1.165, 1.54) is 0 Å². The summed E-state index contributed by atoms with van der Waals surface area (Å²) in [6, 6.07) is 9.67. The van der Waals surface area contributed by atoms with E-state index in [-0.39, 0.29) is 11.8 Å². The first-order valence-corrected chi connectivity index (χ1v) is 6.35. The van der Waals surface area contributed by atoms with Gasteiger partial charge in [0.05, 0.1) is 6.54 Å². The van der Waals surface area contributed by atoms with Crippen molar-refractivity contribution < 1.29 is 9.53 Å². The molecule has 0 saturated heterocycles. The fourth-order valence-corrected chi connectivity index (χ4v) is 2.06. The van der Waals surface area contributed by atoms with E-state index in [4.69, 9.17) is 4.74 Å². The number of hydrogen-bond acceptors (Lipinski definition) is 2. The zero-order valence-corrected chi connectivity index (χ0v) is 10.7. The van der Waals surface area contributed by atoms with Gasteiger partial charge in [-0.15, -0.1) is 0 Å². The predicted molar refractivity (Wildman–Crippen MR) is 71.4 cm³/mol. The van der Waals surface area contributed by atoms with Gasteiger partial charge >= 0.3 is 0 Å². The number of hydrogen-bond donors (Lipinski definition) is 0. The molecule has 3 nitrogen and oxygen atoms in total. The number of amides is 1.